The number of benzene rings is 1. The van der Waals surface area contributed by atoms with Gasteiger partial charge in [0, 0.05) is 16.6 Å². The first kappa shape index (κ1) is 12.8. The third-order valence-electron chi connectivity index (χ3n) is 2.45. The summed E-state index contributed by atoms with van der Waals surface area (Å²) in [5.74, 6) is -0.568. The molecule has 1 aliphatic rings. The van der Waals surface area contributed by atoms with E-state index in [0.29, 0.717) is 5.96 Å². The Hall–Kier alpha value is -1.62. The Kier molecular flexibility index (Phi) is 3.52. The van der Waals surface area contributed by atoms with Gasteiger partial charge in [-0.25, -0.2) is 9.38 Å². The molecule has 18 heavy (non-hydrogen) atoms. The number of halogens is 2. The van der Waals surface area contributed by atoms with Gasteiger partial charge >= 0.3 is 0 Å². The molecule has 0 aromatic heterocycles. The van der Waals surface area contributed by atoms with Gasteiger partial charge in [-0.3, -0.25) is 10.1 Å². The number of nitrogens with zero attached hydrogens (tertiary/aromatic N) is 1. The van der Waals surface area contributed by atoms with Gasteiger partial charge in [-0.1, -0.05) is 17.7 Å². The Morgan fingerprint density at radius 1 is 1.50 bits per heavy atom. The van der Waals surface area contributed by atoms with Crippen LogP contribution in [0.15, 0.2) is 23.2 Å². The molecule has 1 aromatic rings. The van der Waals surface area contributed by atoms with E-state index in [4.69, 9.17) is 11.6 Å². The lowest BCUT2D eigenvalue weighted by atomic mass is 10.1. The molecule has 2 rings (SSSR count). The number of guanidine groups is 1. The number of carbonyl (C=O) groups excluding carboxylic acids is 1. The molecule has 1 unspecified atom stereocenters. The van der Waals surface area contributed by atoms with E-state index in [9.17, 15) is 9.18 Å². The molecule has 0 saturated carbocycles. The monoisotopic (exact) mass is 269 g/mol. The summed E-state index contributed by atoms with van der Waals surface area (Å²) in [5, 5.41) is 5.72. The molecule has 0 spiro atoms. The van der Waals surface area contributed by atoms with Crippen molar-refractivity contribution in [2.45, 2.75) is 25.9 Å². The minimum atomic E-state index is -0.931. The van der Waals surface area contributed by atoms with Crippen LogP contribution in [-0.4, -0.2) is 17.9 Å². The highest BCUT2D eigenvalue weighted by molar-refractivity contribution is 6.31. The van der Waals surface area contributed by atoms with Crippen LogP contribution < -0.4 is 10.6 Å². The number of aliphatic imine (C=N–C) groups is 1. The molecule has 1 aromatic carbocycles. The van der Waals surface area contributed by atoms with Gasteiger partial charge in [0.1, 0.15) is 5.82 Å². The predicted molar refractivity (Wildman–Crippen MR) is 68.0 cm³/mol. The van der Waals surface area contributed by atoms with Crippen LogP contribution in [0, 0.1) is 5.82 Å². The quantitative estimate of drug-likeness (QED) is 0.863. The third-order valence-corrected chi connectivity index (χ3v) is 2.78. The van der Waals surface area contributed by atoms with Crippen molar-refractivity contribution in [3.8, 4) is 0 Å². The van der Waals surface area contributed by atoms with Crippen molar-refractivity contribution in [1.82, 2.24) is 10.6 Å². The number of amides is 1. The number of carbonyl (C=O) groups is 1. The topological polar surface area (TPSA) is 53.5 Å². The average molecular weight is 270 g/mol. The Balaban J connectivity index is 2.33. The Morgan fingerprint density at radius 3 is 2.83 bits per heavy atom. The largest absolute Gasteiger partial charge is 0.354 e. The van der Waals surface area contributed by atoms with Crippen molar-refractivity contribution in [2.75, 3.05) is 0 Å². The number of rotatable bonds is 2. The maximum atomic E-state index is 13.7. The fourth-order valence-corrected chi connectivity index (χ4v) is 1.99. The third kappa shape index (κ3) is 2.46. The van der Waals surface area contributed by atoms with Crippen LogP contribution in [0.2, 0.25) is 5.02 Å². The molecular formula is C12H13ClFN3O. The van der Waals surface area contributed by atoms with Crippen LogP contribution >= 0.6 is 11.6 Å². The molecule has 0 radical (unpaired) electrons. The molecule has 0 saturated heterocycles. The van der Waals surface area contributed by atoms with E-state index in [1.54, 1.807) is 0 Å². The molecule has 1 heterocycles. The summed E-state index contributed by atoms with van der Waals surface area (Å²) in [4.78, 5) is 15.9. The first-order valence-electron chi connectivity index (χ1n) is 5.58. The second-order valence-electron chi connectivity index (χ2n) is 4.30. The molecular weight excluding hydrogens is 257 g/mol. The SMILES string of the molecule is CC(C)NC1=NC(c2c(F)cccc2Cl)C(=O)N1. The summed E-state index contributed by atoms with van der Waals surface area (Å²) in [6.07, 6.45) is 0. The van der Waals surface area contributed by atoms with E-state index < -0.39 is 11.9 Å². The highest BCUT2D eigenvalue weighted by Gasteiger charge is 2.31. The maximum absolute atomic E-state index is 13.7. The van der Waals surface area contributed by atoms with Gasteiger partial charge in [0.15, 0.2) is 12.0 Å². The van der Waals surface area contributed by atoms with E-state index in [2.05, 4.69) is 15.6 Å². The van der Waals surface area contributed by atoms with Crippen LogP contribution in [-0.2, 0) is 4.79 Å². The van der Waals surface area contributed by atoms with Crippen molar-refractivity contribution < 1.29 is 9.18 Å². The van der Waals surface area contributed by atoms with E-state index in [0.717, 1.165) is 0 Å². The maximum Gasteiger partial charge on any atom is 0.256 e. The van der Waals surface area contributed by atoms with E-state index >= 15 is 0 Å². The Labute approximate surface area is 109 Å². The summed E-state index contributed by atoms with van der Waals surface area (Å²) in [7, 11) is 0. The van der Waals surface area contributed by atoms with Crippen molar-refractivity contribution in [1.29, 1.82) is 0 Å². The number of nitrogens with one attached hydrogen (secondary N) is 2. The van der Waals surface area contributed by atoms with Crippen molar-refractivity contribution >= 4 is 23.5 Å². The number of hydrogen-bond acceptors (Lipinski definition) is 3. The minimum Gasteiger partial charge on any atom is -0.354 e. The molecule has 0 bridgehead atoms. The average Bonchev–Trinajstić information content (AvgIpc) is 2.58. The lowest BCUT2D eigenvalue weighted by molar-refractivity contribution is -0.120. The highest BCUT2D eigenvalue weighted by atomic mass is 35.5. The van der Waals surface area contributed by atoms with E-state index in [-0.39, 0.29) is 22.5 Å². The summed E-state index contributed by atoms with van der Waals surface area (Å²) in [5.41, 5.74) is 0.109. The molecule has 1 atom stereocenters. The predicted octanol–water partition coefficient (Wildman–Crippen LogP) is 2.00. The van der Waals surface area contributed by atoms with Gasteiger partial charge in [0.25, 0.3) is 5.91 Å². The standard InChI is InChI=1S/C12H13ClFN3O/c1-6(2)15-12-16-10(11(18)17-12)9-7(13)4-3-5-8(9)14/h3-6,10H,1-2H3,(H2,15,16,17,18). The van der Waals surface area contributed by atoms with Gasteiger partial charge in [0.2, 0.25) is 0 Å². The zero-order valence-corrected chi connectivity index (χ0v) is 10.8. The second kappa shape index (κ2) is 4.94. The molecule has 1 aliphatic heterocycles. The van der Waals surface area contributed by atoms with E-state index in [1.807, 2.05) is 13.8 Å². The van der Waals surface area contributed by atoms with Gasteiger partial charge in [-0.05, 0) is 26.0 Å². The zero-order chi connectivity index (χ0) is 13.3. The van der Waals surface area contributed by atoms with Crippen molar-refractivity contribution in [3.05, 3.63) is 34.6 Å². The van der Waals surface area contributed by atoms with Gasteiger partial charge in [-0.15, -0.1) is 0 Å². The highest BCUT2D eigenvalue weighted by Crippen LogP contribution is 2.30. The second-order valence-corrected chi connectivity index (χ2v) is 4.71. The van der Waals surface area contributed by atoms with E-state index in [1.165, 1.54) is 18.2 Å². The van der Waals surface area contributed by atoms with Gasteiger partial charge in [0.05, 0.1) is 0 Å². The Bertz CT molecular complexity index is 496. The first-order chi connectivity index (χ1) is 8.49. The fraction of sp³-hybridized carbons (Fsp3) is 0.333. The molecule has 4 nitrogen and oxygen atoms in total. The van der Waals surface area contributed by atoms with Crippen molar-refractivity contribution in [3.63, 3.8) is 0 Å². The molecule has 0 fully saturated rings. The molecule has 0 aliphatic carbocycles. The fourth-order valence-electron chi connectivity index (χ4n) is 1.72. The molecule has 1 amide bonds. The Morgan fingerprint density at radius 2 is 2.22 bits per heavy atom. The number of hydrogen-bond donors (Lipinski definition) is 2. The summed E-state index contributed by atoms with van der Waals surface area (Å²) < 4.78 is 13.7. The zero-order valence-electron chi connectivity index (χ0n) is 10.00. The smallest absolute Gasteiger partial charge is 0.256 e. The van der Waals surface area contributed by atoms with Crippen LogP contribution in [0.25, 0.3) is 0 Å². The lowest BCUT2D eigenvalue weighted by Crippen LogP contribution is -2.40. The molecule has 2 N–H and O–H groups in total. The van der Waals surface area contributed by atoms with Gasteiger partial charge in [-0.2, -0.15) is 0 Å². The van der Waals surface area contributed by atoms with Crippen LogP contribution in [0.4, 0.5) is 4.39 Å². The molecule has 96 valence electrons. The van der Waals surface area contributed by atoms with Gasteiger partial charge < -0.3 is 5.32 Å². The summed E-state index contributed by atoms with van der Waals surface area (Å²) in [6, 6.07) is 3.48. The molecule has 6 heteroatoms. The van der Waals surface area contributed by atoms with Crippen LogP contribution in [0.5, 0.6) is 0 Å². The first-order valence-corrected chi connectivity index (χ1v) is 5.96. The minimum absolute atomic E-state index is 0.109. The van der Waals surface area contributed by atoms with Crippen molar-refractivity contribution in [2.24, 2.45) is 4.99 Å². The lowest BCUT2D eigenvalue weighted by Gasteiger charge is -2.08. The summed E-state index contributed by atoms with van der Waals surface area (Å²) in [6.45, 7) is 3.83. The summed E-state index contributed by atoms with van der Waals surface area (Å²) >= 11 is 5.92. The van der Waals surface area contributed by atoms with Crippen LogP contribution in [0.3, 0.4) is 0 Å². The van der Waals surface area contributed by atoms with Crippen LogP contribution in [0.1, 0.15) is 25.5 Å². The normalized spacial score (nSPS) is 18.8.